The van der Waals surface area contributed by atoms with Gasteiger partial charge in [0.25, 0.3) is 5.91 Å². The Morgan fingerprint density at radius 2 is 2.06 bits per heavy atom. The number of nitrogens with zero attached hydrogens (tertiary/aromatic N) is 1. The molecule has 1 amide bonds. The number of carbonyl (C=O) groups is 2. The lowest BCUT2D eigenvalue weighted by Crippen LogP contribution is -2.29. The van der Waals surface area contributed by atoms with Crippen LogP contribution in [0.5, 0.6) is 0 Å². The molecule has 0 aliphatic heterocycles. The van der Waals surface area contributed by atoms with E-state index < -0.39 is 5.97 Å². The minimum atomic E-state index is -1.01. The maximum atomic E-state index is 11.8. The lowest BCUT2D eigenvalue weighted by atomic mass is 10.4. The van der Waals surface area contributed by atoms with Crippen molar-refractivity contribution in [1.82, 2.24) is 4.90 Å². The van der Waals surface area contributed by atoms with Gasteiger partial charge >= 0.3 is 5.97 Å². The predicted octanol–water partition coefficient (Wildman–Crippen LogP) is 1.16. The number of thiophene rings is 1. The summed E-state index contributed by atoms with van der Waals surface area (Å²) < 4.78 is 4.86. The maximum absolute atomic E-state index is 11.8. The number of hydrogen-bond acceptors (Lipinski definition) is 4. The van der Waals surface area contributed by atoms with Crippen LogP contribution in [0, 0.1) is 0 Å². The molecule has 5 nitrogen and oxygen atoms in total. The van der Waals surface area contributed by atoms with Crippen LogP contribution in [-0.4, -0.2) is 49.2 Å². The molecule has 1 aromatic heterocycles. The molecule has 1 N–H and O–H groups in total. The molecule has 0 saturated heterocycles. The van der Waals surface area contributed by atoms with Crippen LogP contribution in [0.15, 0.2) is 12.1 Å². The van der Waals surface area contributed by atoms with Gasteiger partial charge in [0.05, 0.1) is 11.5 Å². The van der Waals surface area contributed by atoms with Gasteiger partial charge in [0.2, 0.25) is 0 Å². The summed E-state index contributed by atoms with van der Waals surface area (Å²) in [5.41, 5.74) is 0. The second kappa shape index (κ2) is 5.62. The zero-order valence-electron chi connectivity index (χ0n) is 9.10. The van der Waals surface area contributed by atoms with Crippen LogP contribution in [0.3, 0.4) is 0 Å². The fourth-order valence-corrected chi connectivity index (χ4v) is 1.93. The third kappa shape index (κ3) is 3.04. The van der Waals surface area contributed by atoms with E-state index in [1.165, 1.54) is 17.0 Å². The van der Waals surface area contributed by atoms with Gasteiger partial charge in [-0.3, -0.25) is 4.79 Å². The van der Waals surface area contributed by atoms with Gasteiger partial charge in [-0.05, 0) is 12.1 Å². The molecule has 0 aromatic carbocycles. The Morgan fingerprint density at radius 3 is 2.56 bits per heavy atom. The second-order valence-corrected chi connectivity index (χ2v) is 4.27. The number of methoxy groups -OCH3 is 1. The third-order valence-electron chi connectivity index (χ3n) is 2.01. The number of carboxylic acids is 1. The largest absolute Gasteiger partial charge is 0.477 e. The summed E-state index contributed by atoms with van der Waals surface area (Å²) >= 11 is 0.979. The quantitative estimate of drug-likeness (QED) is 0.842. The Hall–Kier alpha value is -1.40. The normalized spacial score (nSPS) is 10.1. The Labute approximate surface area is 97.3 Å². The maximum Gasteiger partial charge on any atom is 0.345 e. The molecule has 16 heavy (non-hydrogen) atoms. The summed E-state index contributed by atoms with van der Waals surface area (Å²) in [6, 6.07) is 2.96. The molecular formula is C10H13NO4S. The summed E-state index contributed by atoms with van der Waals surface area (Å²) in [5, 5.41) is 8.73. The van der Waals surface area contributed by atoms with Crippen LogP contribution in [0.1, 0.15) is 19.3 Å². The molecule has 0 atom stereocenters. The Bertz CT molecular complexity index is 388. The molecule has 0 unspecified atom stereocenters. The Kier molecular flexibility index (Phi) is 4.45. The van der Waals surface area contributed by atoms with E-state index in [2.05, 4.69) is 0 Å². The summed E-state index contributed by atoms with van der Waals surface area (Å²) in [6.07, 6.45) is 0. The van der Waals surface area contributed by atoms with Gasteiger partial charge in [-0.1, -0.05) is 0 Å². The van der Waals surface area contributed by atoms with Gasteiger partial charge < -0.3 is 14.7 Å². The van der Waals surface area contributed by atoms with Crippen LogP contribution >= 0.6 is 11.3 Å². The fraction of sp³-hybridized carbons (Fsp3) is 0.400. The molecule has 0 saturated carbocycles. The molecule has 1 heterocycles. The molecule has 0 fully saturated rings. The molecular weight excluding hydrogens is 230 g/mol. The highest BCUT2D eigenvalue weighted by Gasteiger charge is 2.15. The van der Waals surface area contributed by atoms with Crippen molar-refractivity contribution in [3.8, 4) is 0 Å². The molecule has 0 aliphatic carbocycles. The van der Waals surface area contributed by atoms with E-state index in [9.17, 15) is 9.59 Å². The smallest absolute Gasteiger partial charge is 0.345 e. The van der Waals surface area contributed by atoms with E-state index in [1.807, 2.05) is 0 Å². The first-order valence-electron chi connectivity index (χ1n) is 4.63. The second-order valence-electron chi connectivity index (χ2n) is 3.19. The van der Waals surface area contributed by atoms with Gasteiger partial charge in [-0.2, -0.15) is 0 Å². The van der Waals surface area contributed by atoms with Crippen LogP contribution in [-0.2, 0) is 4.74 Å². The van der Waals surface area contributed by atoms with Crippen LogP contribution in [0.2, 0.25) is 0 Å². The zero-order chi connectivity index (χ0) is 12.1. The molecule has 6 heteroatoms. The number of carboxylic acid groups (broad SMARTS) is 1. The summed E-state index contributed by atoms with van der Waals surface area (Å²) in [6.45, 7) is 0.940. The van der Waals surface area contributed by atoms with Crippen molar-refractivity contribution in [3.05, 3.63) is 21.9 Å². The van der Waals surface area contributed by atoms with E-state index in [0.717, 1.165) is 11.3 Å². The highest BCUT2D eigenvalue weighted by molar-refractivity contribution is 7.15. The van der Waals surface area contributed by atoms with Gasteiger partial charge in [0.1, 0.15) is 4.88 Å². The van der Waals surface area contributed by atoms with Gasteiger partial charge in [0.15, 0.2) is 0 Å². The van der Waals surface area contributed by atoms with Crippen molar-refractivity contribution in [2.24, 2.45) is 0 Å². The first-order valence-corrected chi connectivity index (χ1v) is 5.45. The van der Waals surface area contributed by atoms with Crippen LogP contribution in [0.25, 0.3) is 0 Å². The number of likely N-dealkylation sites (N-methyl/N-ethyl adjacent to an activating group) is 1. The molecule has 0 spiro atoms. The number of hydrogen-bond donors (Lipinski definition) is 1. The van der Waals surface area contributed by atoms with E-state index in [1.54, 1.807) is 14.2 Å². The van der Waals surface area contributed by atoms with Gasteiger partial charge in [-0.15, -0.1) is 11.3 Å². The average Bonchev–Trinajstić information content (AvgIpc) is 2.74. The fourth-order valence-electron chi connectivity index (χ4n) is 1.09. The van der Waals surface area contributed by atoms with E-state index in [-0.39, 0.29) is 10.8 Å². The molecule has 88 valence electrons. The van der Waals surface area contributed by atoms with Gasteiger partial charge in [-0.25, -0.2) is 4.79 Å². The average molecular weight is 243 g/mol. The number of amides is 1. The highest BCUT2D eigenvalue weighted by Crippen LogP contribution is 2.17. The van der Waals surface area contributed by atoms with E-state index in [0.29, 0.717) is 18.0 Å². The molecule has 1 aromatic rings. The van der Waals surface area contributed by atoms with E-state index in [4.69, 9.17) is 9.84 Å². The van der Waals surface area contributed by atoms with E-state index >= 15 is 0 Å². The SMILES string of the molecule is COCCN(C)C(=O)c1ccc(C(=O)O)s1. The van der Waals surface area contributed by atoms with Crippen molar-refractivity contribution in [2.45, 2.75) is 0 Å². The number of aromatic carboxylic acids is 1. The highest BCUT2D eigenvalue weighted by atomic mass is 32.1. The number of rotatable bonds is 5. The van der Waals surface area contributed by atoms with Crippen molar-refractivity contribution in [3.63, 3.8) is 0 Å². The van der Waals surface area contributed by atoms with Crippen LogP contribution < -0.4 is 0 Å². The van der Waals surface area contributed by atoms with Crippen molar-refractivity contribution in [1.29, 1.82) is 0 Å². The standard InChI is InChI=1S/C10H13NO4S/c1-11(5-6-15-2)9(12)7-3-4-8(16-7)10(13)14/h3-4H,5-6H2,1-2H3,(H,13,14). The Morgan fingerprint density at radius 1 is 1.44 bits per heavy atom. The lowest BCUT2D eigenvalue weighted by Gasteiger charge is -2.15. The zero-order valence-corrected chi connectivity index (χ0v) is 9.91. The summed E-state index contributed by atoms with van der Waals surface area (Å²) in [5.74, 6) is -1.20. The minimum Gasteiger partial charge on any atom is -0.477 e. The molecule has 1 rings (SSSR count). The molecule has 0 radical (unpaired) electrons. The molecule has 0 bridgehead atoms. The van der Waals surface area contributed by atoms with Crippen molar-refractivity contribution in [2.75, 3.05) is 27.3 Å². The Balaban J connectivity index is 2.68. The number of ether oxygens (including phenoxy) is 1. The lowest BCUT2D eigenvalue weighted by molar-refractivity contribution is 0.0701. The topological polar surface area (TPSA) is 66.8 Å². The molecule has 0 aliphatic rings. The first kappa shape index (κ1) is 12.7. The monoisotopic (exact) mass is 243 g/mol. The number of carbonyl (C=O) groups excluding carboxylic acids is 1. The third-order valence-corrected chi connectivity index (χ3v) is 3.07. The van der Waals surface area contributed by atoms with Crippen molar-refractivity contribution < 1.29 is 19.4 Å². The van der Waals surface area contributed by atoms with Gasteiger partial charge in [0, 0.05) is 20.7 Å². The minimum absolute atomic E-state index is 0.170. The summed E-state index contributed by atoms with van der Waals surface area (Å²) in [7, 11) is 3.22. The van der Waals surface area contributed by atoms with Crippen LogP contribution in [0.4, 0.5) is 0 Å². The first-order chi connectivity index (χ1) is 7.56. The summed E-state index contributed by atoms with van der Waals surface area (Å²) in [4.78, 5) is 24.5. The van der Waals surface area contributed by atoms with Crippen molar-refractivity contribution >= 4 is 23.2 Å². The predicted molar refractivity (Wildman–Crippen MR) is 60.1 cm³/mol.